The first-order valence-electron chi connectivity index (χ1n) is 14.5. The Morgan fingerprint density at radius 1 is 1.07 bits per heavy atom. The molecular weight excluding hydrogens is 564 g/mol. The number of aromatic nitrogens is 3. The highest BCUT2D eigenvalue weighted by atomic mass is 32.3. The maximum atomic E-state index is 13.2. The Morgan fingerprint density at radius 2 is 1.84 bits per heavy atom. The van der Waals surface area contributed by atoms with Crippen LogP contribution in [0.5, 0.6) is 0 Å². The van der Waals surface area contributed by atoms with Crippen LogP contribution in [0.15, 0.2) is 59.5 Å². The van der Waals surface area contributed by atoms with Gasteiger partial charge >= 0.3 is 5.97 Å². The number of para-hydroxylation sites is 1. The van der Waals surface area contributed by atoms with Crippen LogP contribution in [0, 0.1) is 13.8 Å². The summed E-state index contributed by atoms with van der Waals surface area (Å²) in [5.74, 6) is -0.553. The molecular formula is C32H42N6O4S. The fourth-order valence-electron chi connectivity index (χ4n) is 5.69. The minimum Gasteiger partial charge on any atom is -0.464 e. The first kappa shape index (κ1) is 31.0. The van der Waals surface area contributed by atoms with E-state index in [9.17, 15) is 13.9 Å². The smallest absolute Gasteiger partial charge is 0.306 e. The van der Waals surface area contributed by atoms with Crippen LogP contribution in [-0.4, -0.2) is 86.7 Å². The molecule has 11 heteroatoms. The summed E-state index contributed by atoms with van der Waals surface area (Å²) in [7, 11) is 4.51. The number of aryl methyl sites for hydroxylation is 3. The normalized spacial score (nSPS) is 16.6. The number of anilines is 1. The summed E-state index contributed by atoms with van der Waals surface area (Å²) in [4.78, 5) is 17.7. The first-order valence-corrected chi connectivity index (χ1v) is 16.0. The Morgan fingerprint density at radius 3 is 2.60 bits per heavy atom. The lowest BCUT2D eigenvalue weighted by Gasteiger charge is -2.42. The van der Waals surface area contributed by atoms with E-state index in [2.05, 4.69) is 39.5 Å². The van der Waals surface area contributed by atoms with E-state index in [1.165, 1.54) is 0 Å². The minimum absolute atomic E-state index is 0.166. The van der Waals surface area contributed by atoms with E-state index in [1.54, 1.807) is 15.1 Å². The molecule has 1 aliphatic rings. The van der Waals surface area contributed by atoms with Gasteiger partial charge in [-0.3, -0.25) is 13.9 Å². The van der Waals surface area contributed by atoms with Crippen molar-refractivity contribution in [3.8, 4) is 0 Å². The van der Waals surface area contributed by atoms with E-state index >= 15 is 0 Å². The zero-order valence-electron chi connectivity index (χ0n) is 25.8. The predicted molar refractivity (Wildman–Crippen MR) is 172 cm³/mol. The van der Waals surface area contributed by atoms with Crippen molar-refractivity contribution in [2.24, 2.45) is 7.05 Å². The molecule has 0 aliphatic carbocycles. The van der Waals surface area contributed by atoms with Gasteiger partial charge in [-0.15, -0.1) is 15.9 Å². The van der Waals surface area contributed by atoms with Crippen LogP contribution in [0.25, 0.3) is 11.0 Å². The lowest BCUT2D eigenvalue weighted by Crippen LogP contribution is -2.31. The SMILES string of the molecule is Cc1ccc(C(CC(=O)OCCN(C)C)c2ccc3c(nnn3C)c2C)cc1CN1CCN(C)c2ccccc2S1(O)O. The molecule has 0 saturated carbocycles. The number of hydrogen-bond acceptors (Lipinski definition) is 9. The van der Waals surface area contributed by atoms with E-state index < -0.39 is 10.8 Å². The highest BCUT2D eigenvalue weighted by Gasteiger charge is 2.32. The molecule has 4 aromatic rings. The summed E-state index contributed by atoms with van der Waals surface area (Å²) in [6, 6.07) is 17.7. The molecule has 0 bridgehead atoms. The van der Waals surface area contributed by atoms with E-state index in [-0.39, 0.29) is 18.3 Å². The van der Waals surface area contributed by atoms with Gasteiger partial charge in [0.2, 0.25) is 0 Å². The number of esters is 1. The van der Waals surface area contributed by atoms with Crippen molar-refractivity contribution in [3.63, 3.8) is 0 Å². The van der Waals surface area contributed by atoms with Crippen molar-refractivity contribution < 1.29 is 18.6 Å². The lowest BCUT2D eigenvalue weighted by atomic mass is 9.84. The third-order valence-corrected chi connectivity index (χ3v) is 10.3. The van der Waals surface area contributed by atoms with Crippen molar-refractivity contribution in [2.45, 2.75) is 37.6 Å². The zero-order valence-corrected chi connectivity index (χ0v) is 26.6. The second-order valence-electron chi connectivity index (χ2n) is 11.6. The van der Waals surface area contributed by atoms with Crippen LogP contribution in [0.1, 0.15) is 40.2 Å². The summed E-state index contributed by atoms with van der Waals surface area (Å²) in [5.41, 5.74) is 7.50. The Labute approximate surface area is 255 Å². The molecule has 43 heavy (non-hydrogen) atoms. The van der Waals surface area contributed by atoms with E-state index in [1.807, 2.05) is 71.2 Å². The third kappa shape index (κ3) is 6.41. The zero-order chi connectivity index (χ0) is 30.9. The Bertz CT molecular complexity index is 1620. The molecule has 0 saturated heterocycles. The van der Waals surface area contributed by atoms with Gasteiger partial charge in [0.1, 0.15) is 12.1 Å². The van der Waals surface area contributed by atoms with Crippen LogP contribution < -0.4 is 4.90 Å². The van der Waals surface area contributed by atoms with Gasteiger partial charge in [-0.05, 0) is 74.0 Å². The second kappa shape index (κ2) is 12.6. The van der Waals surface area contributed by atoms with Crippen molar-refractivity contribution in [2.75, 3.05) is 52.3 Å². The van der Waals surface area contributed by atoms with Crippen LogP contribution in [0.2, 0.25) is 0 Å². The summed E-state index contributed by atoms with van der Waals surface area (Å²) >= 11 is 0. The number of benzene rings is 3. The van der Waals surface area contributed by atoms with E-state index in [4.69, 9.17) is 4.74 Å². The van der Waals surface area contributed by atoms with Crippen molar-refractivity contribution in [1.29, 1.82) is 0 Å². The second-order valence-corrected chi connectivity index (χ2v) is 13.6. The summed E-state index contributed by atoms with van der Waals surface area (Å²) < 4.78 is 32.2. The molecule has 1 aliphatic heterocycles. The van der Waals surface area contributed by atoms with E-state index in [0.717, 1.165) is 44.5 Å². The number of hydrogen-bond donors (Lipinski definition) is 2. The molecule has 1 unspecified atom stereocenters. The number of carbonyl (C=O) groups excluding carboxylic acids is 1. The van der Waals surface area contributed by atoms with E-state index in [0.29, 0.717) is 37.7 Å². The number of rotatable bonds is 9. The number of likely N-dealkylation sites (N-methyl/N-ethyl adjacent to an activating group) is 2. The summed E-state index contributed by atoms with van der Waals surface area (Å²) in [6.45, 7) is 6.52. The Balaban J connectivity index is 1.51. The van der Waals surface area contributed by atoms with Gasteiger partial charge in [-0.2, -0.15) is 4.31 Å². The Hall–Kier alpha value is -3.48. The fourth-order valence-corrected chi connectivity index (χ4v) is 7.39. The summed E-state index contributed by atoms with van der Waals surface area (Å²) in [5, 5.41) is 8.59. The molecule has 5 rings (SSSR count). The van der Waals surface area contributed by atoms with Gasteiger partial charge in [0.25, 0.3) is 0 Å². The van der Waals surface area contributed by atoms with Crippen LogP contribution in [0.4, 0.5) is 5.69 Å². The van der Waals surface area contributed by atoms with Crippen LogP contribution in [-0.2, 0) is 23.1 Å². The molecule has 2 heterocycles. The largest absolute Gasteiger partial charge is 0.464 e. The topological polar surface area (TPSA) is 107 Å². The molecule has 10 nitrogen and oxygen atoms in total. The molecule has 1 aromatic heterocycles. The van der Waals surface area contributed by atoms with Gasteiger partial charge in [-0.25, -0.2) is 4.68 Å². The van der Waals surface area contributed by atoms with Gasteiger partial charge in [-0.1, -0.05) is 41.6 Å². The standard InChI is InChI=1S/C32H42N6O4S/c1-22-11-12-24(19-25(22)21-38-16-15-36(5)28-9-7-8-10-30(28)43(38,40)41)27(20-31(39)42-18-17-35(3)4)26-13-14-29-32(23(26)2)33-34-37(29)6/h7-14,19,27,40-41H,15-18,20-21H2,1-6H3. The monoisotopic (exact) mass is 606 g/mol. The maximum Gasteiger partial charge on any atom is 0.306 e. The first-order chi connectivity index (χ1) is 20.5. The molecule has 0 spiro atoms. The fraction of sp³-hybridized carbons (Fsp3) is 0.406. The van der Waals surface area contributed by atoms with Gasteiger partial charge in [0.05, 0.1) is 22.5 Å². The maximum absolute atomic E-state index is 13.2. The number of ether oxygens (including phenoxy) is 1. The highest BCUT2D eigenvalue weighted by molar-refractivity contribution is 8.22. The third-order valence-electron chi connectivity index (χ3n) is 8.37. The number of carbonyl (C=O) groups is 1. The molecule has 0 amide bonds. The number of nitrogens with zero attached hydrogens (tertiary/aromatic N) is 6. The quantitative estimate of drug-likeness (QED) is 0.249. The van der Waals surface area contributed by atoms with Crippen LogP contribution in [0.3, 0.4) is 0 Å². The minimum atomic E-state index is -3.22. The van der Waals surface area contributed by atoms with Crippen molar-refractivity contribution in [3.05, 3.63) is 82.4 Å². The summed E-state index contributed by atoms with van der Waals surface area (Å²) in [6.07, 6.45) is 0.166. The van der Waals surface area contributed by atoms with Gasteiger partial charge < -0.3 is 14.5 Å². The van der Waals surface area contributed by atoms with Crippen molar-refractivity contribution in [1.82, 2.24) is 24.2 Å². The highest BCUT2D eigenvalue weighted by Crippen LogP contribution is 2.56. The average molecular weight is 607 g/mol. The molecule has 3 aromatic carbocycles. The molecule has 2 N–H and O–H groups in total. The van der Waals surface area contributed by atoms with Crippen molar-refractivity contribution >= 4 is 33.5 Å². The molecule has 230 valence electrons. The number of fused-ring (bicyclic) bond motifs is 2. The van der Waals surface area contributed by atoms with Gasteiger partial charge in [0, 0.05) is 46.2 Å². The van der Waals surface area contributed by atoms with Crippen LogP contribution >= 0.6 is 10.8 Å². The lowest BCUT2D eigenvalue weighted by molar-refractivity contribution is -0.144. The molecule has 1 atom stereocenters. The van der Waals surface area contributed by atoms with Gasteiger partial charge in [0.15, 0.2) is 0 Å². The predicted octanol–water partition coefficient (Wildman–Crippen LogP) is 5.19. The Kier molecular flexibility index (Phi) is 9.10. The molecule has 0 fully saturated rings. The average Bonchev–Trinajstić information content (AvgIpc) is 3.32. The molecule has 0 radical (unpaired) electrons.